The van der Waals surface area contributed by atoms with Crippen LogP contribution in [0.3, 0.4) is 0 Å². The molecule has 2 aromatic rings. The predicted molar refractivity (Wildman–Crippen MR) is 147 cm³/mol. The van der Waals surface area contributed by atoms with Gasteiger partial charge in [0, 0.05) is 34.1 Å². The number of allylic oxidation sites excluding steroid dienone is 4. The fraction of sp³-hybridized carbons (Fsp3) is 0.484. The van der Waals surface area contributed by atoms with Crippen molar-refractivity contribution in [1.29, 1.82) is 0 Å². The molecule has 204 valence electrons. The lowest BCUT2D eigenvalue weighted by atomic mass is 9.45. The van der Waals surface area contributed by atoms with E-state index in [-0.39, 0.29) is 29.9 Å². The molecular weight excluding hydrogens is 515 g/mol. The second-order valence-corrected chi connectivity index (χ2v) is 13.2. The standard InChI is InChI=1S/C31H33FN2O4S/c1-17-5-7-19(8-6-17)26(37)34-27-33-24(16-39-27)31(38)18(2)13-23-22-10-9-20-14-21(35)11-12-28(20,3)30(22,32)25(36)15-29(23,31)4/h5-8,11-12,14,16,18,22-23,38H,9-10,13,15H2,1-4H3,(H,33,34,37)/t18-,22+,23+,28+,29+,30+,31+/m1/s1. The van der Waals surface area contributed by atoms with Gasteiger partial charge in [0.25, 0.3) is 5.91 Å². The molecule has 8 heteroatoms. The Balaban J connectivity index is 1.33. The van der Waals surface area contributed by atoms with E-state index in [1.54, 1.807) is 30.5 Å². The Bertz CT molecular complexity index is 1460. The van der Waals surface area contributed by atoms with Crippen molar-refractivity contribution in [2.75, 3.05) is 5.32 Å². The maximum absolute atomic E-state index is 17.3. The molecule has 0 saturated heterocycles. The number of hydrogen-bond acceptors (Lipinski definition) is 6. The zero-order valence-corrected chi connectivity index (χ0v) is 23.4. The summed E-state index contributed by atoms with van der Waals surface area (Å²) in [5.74, 6) is -2.10. The van der Waals surface area contributed by atoms with E-state index in [0.29, 0.717) is 41.2 Å². The number of nitrogens with zero attached hydrogens (tertiary/aromatic N) is 1. The number of aromatic nitrogens is 1. The van der Waals surface area contributed by atoms with E-state index >= 15 is 4.39 Å². The molecule has 0 bridgehead atoms. The molecular formula is C31H33FN2O4S. The van der Waals surface area contributed by atoms with Crippen LogP contribution in [0, 0.1) is 35.5 Å². The molecule has 0 spiro atoms. The number of aliphatic hydroxyl groups is 1. The van der Waals surface area contributed by atoms with Gasteiger partial charge in [0.1, 0.15) is 5.60 Å². The summed E-state index contributed by atoms with van der Waals surface area (Å²) in [6.07, 6.45) is 5.88. The molecule has 39 heavy (non-hydrogen) atoms. The Morgan fingerprint density at radius 2 is 1.90 bits per heavy atom. The number of Topliss-reactive ketones (excluding diaryl/α,β-unsaturated/α-hetero) is 1. The van der Waals surface area contributed by atoms with Gasteiger partial charge in [-0.25, -0.2) is 9.37 Å². The first-order chi connectivity index (χ1) is 18.3. The molecule has 3 fully saturated rings. The van der Waals surface area contributed by atoms with Gasteiger partial charge in [-0.15, -0.1) is 11.3 Å². The lowest BCUT2D eigenvalue weighted by molar-refractivity contribution is -0.185. The molecule has 4 aliphatic rings. The van der Waals surface area contributed by atoms with Crippen LogP contribution in [-0.4, -0.2) is 33.2 Å². The lowest BCUT2D eigenvalue weighted by Crippen LogP contribution is -2.66. The summed E-state index contributed by atoms with van der Waals surface area (Å²) >= 11 is 1.23. The van der Waals surface area contributed by atoms with Gasteiger partial charge in [-0.05, 0) is 69.2 Å². The fourth-order valence-electron chi connectivity index (χ4n) is 8.20. The number of rotatable bonds is 3. The number of alkyl halides is 1. The maximum atomic E-state index is 17.3. The highest BCUT2D eigenvalue weighted by Crippen LogP contribution is 2.71. The van der Waals surface area contributed by atoms with Crippen molar-refractivity contribution < 1.29 is 23.9 Å². The van der Waals surface area contributed by atoms with Crippen LogP contribution in [0.15, 0.2) is 53.4 Å². The van der Waals surface area contributed by atoms with E-state index < -0.39 is 33.8 Å². The van der Waals surface area contributed by atoms with Crippen molar-refractivity contribution >= 4 is 33.9 Å². The molecule has 1 aromatic carbocycles. The first-order valence-electron chi connectivity index (χ1n) is 13.6. The Kier molecular flexibility index (Phi) is 5.73. The number of carbonyl (C=O) groups excluding carboxylic acids is 3. The zero-order valence-electron chi connectivity index (χ0n) is 22.6. The van der Waals surface area contributed by atoms with Crippen molar-refractivity contribution in [3.8, 4) is 0 Å². The third-order valence-electron chi connectivity index (χ3n) is 10.4. The van der Waals surface area contributed by atoms with Gasteiger partial charge < -0.3 is 5.11 Å². The summed E-state index contributed by atoms with van der Waals surface area (Å²) in [7, 11) is 0. The van der Waals surface area contributed by atoms with E-state index in [2.05, 4.69) is 10.3 Å². The van der Waals surface area contributed by atoms with Crippen LogP contribution in [0.4, 0.5) is 9.52 Å². The second-order valence-electron chi connectivity index (χ2n) is 12.3. The Hall–Kier alpha value is -2.97. The molecule has 0 unspecified atom stereocenters. The van der Waals surface area contributed by atoms with E-state index in [1.165, 1.54) is 23.5 Å². The summed E-state index contributed by atoms with van der Waals surface area (Å²) in [6.45, 7) is 7.52. The van der Waals surface area contributed by atoms with Crippen LogP contribution < -0.4 is 5.32 Å². The van der Waals surface area contributed by atoms with Gasteiger partial charge in [-0.3, -0.25) is 19.7 Å². The number of amides is 1. The van der Waals surface area contributed by atoms with Gasteiger partial charge in [-0.1, -0.05) is 43.2 Å². The van der Waals surface area contributed by atoms with E-state index in [9.17, 15) is 19.5 Å². The number of hydrogen-bond donors (Lipinski definition) is 2. The molecule has 7 atom stereocenters. The third-order valence-corrected chi connectivity index (χ3v) is 11.2. The summed E-state index contributed by atoms with van der Waals surface area (Å²) in [6, 6.07) is 7.22. The minimum atomic E-state index is -2.14. The highest BCUT2D eigenvalue weighted by Gasteiger charge is 2.75. The predicted octanol–water partition coefficient (Wildman–Crippen LogP) is 5.72. The molecule has 3 saturated carbocycles. The van der Waals surface area contributed by atoms with Gasteiger partial charge in [0.2, 0.25) is 0 Å². The molecule has 6 nitrogen and oxygen atoms in total. The van der Waals surface area contributed by atoms with Crippen LogP contribution in [0.25, 0.3) is 0 Å². The highest BCUT2D eigenvalue weighted by molar-refractivity contribution is 7.14. The molecule has 0 aliphatic heterocycles. The number of ketones is 2. The number of carbonyl (C=O) groups is 3. The number of nitrogens with one attached hydrogen (secondary N) is 1. The molecule has 4 aliphatic carbocycles. The van der Waals surface area contributed by atoms with E-state index in [0.717, 1.165) is 5.56 Å². The first-order valence-corrected chi connectivity index (χ1v) is 14.5. The van der Waals surface area contributed by atoms with Crippen molar-refractivity contribution in [2.45, 2.75) is 64.6 Å². The quantitative estimate of drug-likeness (QED) is 0.512. The van der Waals surface area contributed by atoms with Crippen LogP contribution >= 0.6 is 11.3 Å². The van der Waals surface area contributed by atoms with Gasteiger partial charge in [0.05, 0.1) is 5.69 Å². The molecule has 0 radical (unpaired) electrons. The maximum Gasteiger partial charge on any atom is 0.257 e. The topological polar surface area (TPSA) is 96.4 Å². The summed E-state index contributed by atoms with van der Waals surface area (Å²) in [5.41, 5.74) is -3.05. The minimum Gasteiger partial charge on any atom is -0.383 e. The van der Waals surface area contributed by atoms with E-state index in [4.69, 9.17) is 0 Å². The van der Waals surface area contributed by atoms with Crippen molar-refractivity contribution in [2.24, 2.45) is 28.6 Å². The van der Waals surface area contributed by atoms with E-state index in [1.807, 2.05) is 32.9 Å². The van der Waals surface area contributed by atoms with Crippen molar-refractivity contribution in [3.63, 3.8) is 0 Å². The monoisotopic (exact) mass is 548 g/mol. The van der Waals surface area contributed by atoms with Crippen molar-refractivity contribution in [3.05, 3.63) is 70.3 Å². The average molecular weight is 549 g/mol. The number of anilines is 1. The van der Waals surface area contributed by atoms with Crippen LogP contribution in [0.1, 0.15) is 68.1 Å². The normalized spacial score (nSPS) is 39.0. The Morgan fingerprint density at radius 1 is 1.18 bits per heavy atom. The second kappa shape index (κ2) is 8.51. The number of benzene rings is 1. The van der Waals surface area contributed by atoms with Crippen LogP contribution in [-0.2, 0) is 15.2 Å². The smallest absolute Gasteiger partial charge is 0.257 e. The molecule has 1 heterocycles. The minimum absolute atomic E-state index is 0.126. The third kappa shape index (κ3) is 3.40. The molecule has 1 aromatic heterocycles. The van der Waals surface area contributed by atoms with Gasteiger partial charge >= 0.3 is 0 Å². The Labute approximate surface area is 231 Å². The first kappa shape index (κ1) is 26.3. The summed E-state index contributed by atoms with van der Waals surface area (Å²) in [5, 5.41) is 17.3. The highest BCUT2D eigenvalue weighted by atomic mass is 32.1. The number of thiazole rings is 1. The number of aryl methyl sites for hydroxylation is 1. The molecule has 1 amide bonds. The molecule has 2 N–H and O–H groups in total. The largest absolute Gasteiger partial charge is 0.383 e. The van der Waals surface area contributed by atoms with Crippen molar-refractivity contribution in [1.82, 2.24) is 4.98 Å². The number of halogens is 1. The summed E-state index contributed by atoms with van der Waals surface area (Å²) < 4.78 is 17.3. The van der Waals surface area contributed by atoms with Crippen LogP contribution in [0.2, 0.25) is 0 Å². The lowest BCUT2D eigenvalue weighted by Gasteiger charge is -2.59. The Morgan fingerprint density at radius 3 is 2.62 bits per heavy atom. The van der Waals surface area contributed by atoms with Gasteiger partial charge in [-0.2, -0.15) is 0 Å². The molecule has 6 rings (SSSR count). The van der Waals surface area contributed by atoms with Gasteiger partial charge in [0.15, 0.2) is 22.4 Å². The zero-order chi connectivity index (χ0) is 28.0. The number of fused-ring (bicyclic) bond motifs is 5. The summed E-state index contributed by atoms with van der Waals surface area (Å²) in [4.78, 5) is 43.4. The fourth-order valence-corrected chi connectivity index (χ4v) is 8.96. The van der Waals surface area contributed by atoms with Crippen LogP contribution in [0.5, 0.6) is 0 Å². The average Bonchev–Trinajstić information content (AvgIpc) is 3.43. The SMILES string of the molecule is Cc1ccc(C(=O)Nc2nc([C@@]3(O)[C@H](C)C[C@H]4[C@@H]5CCC6=CC(=O)C=C[C@]6(C)[C@@]5(F)C(=O)C[C@@]43C)cs2)cc1.